The van der Waals surface area contributed by atoms with E-state index in [-0.39, 0.29) is 29.4 Å². The predicted molar refractivity (Wildman–Crippen MR) is 155 cm³/mol. The first-order chi connectivity index (χ1) is 18.9. The Morgan fingerprint density at radius 3 is 2.64 bits per heavy atom. The third-order valence-electron chi connectivity index (χ3n) is 7.01. The smallest absolute Gasteiger partial charge is 0.338 e. The molecule has 39 heavy (non-hydrogen) atoms. The maximum Gasteiger partial charge on any atom is 0.338 e. The molecule has 1 aliphatic heterocycles. The van der Waals surface area contributed by atoms with Crippen LogP contribution < -0.4 is 10.9 Å². The van der Waals surface area contributed by atoms with Crippen LogP contribution in [0.5, 0.6) is 0 Å². The molecule has 1 amide bonds. The van der Waals surface area contributed by atoms with Crippen LogP contribution >= 0.6 is 35.3 Å². The minimum absolute atomic E-state index is 0.0541. The minimum Gasteiger partial charge on any atom is -0.462 e. The Morgan fingerprint density at radius 2 is 1.95 bits per heavy atom. The second-order valence-electron chi connectivity index (χ2n) is 9.76. The Morgan fingerprint density at radius 1 is 1.18 bits per heavy atom. The summed E-state index contributed by atoms with van der Waals surface area (Å²) in [4.78, 5) is 43.5. The molecule has 12 heteroatoms. The molecule has 1 aromatic carbocycles. The molecular weight excluding hydrogens is 557 g/mol. The van der Waals surface area contributed by atoms with Crippen LogP contribution in [-0.4, -0.2) is 57.1 Å². The highest BCUT2D eigenvalue weighted by atomic mass is 32.2. The number of aromatic nitrogens is 3. The normalized spacial score (nSPS) is 17.9. The number of ether oxygens (including phenoxy) is 2. The number of amides is 1. The fourth-order valence-corrected chi connectivity index (χ4v) is 7.20. The number of benzene rings is 1. The summed E-state index contributed by atoms with van der Waals surface area (Å²) in [5.41, 5.74) is 1.37. The zero-order chi connectivity index (χ0) is 27.4. The Balaban J connectivity index is 1.48. The highest BCUT2D eigenvalue weighted by Gasteiger charge is 2.24. The molecule has 0 bridgehead atoms. The topological polar surface area (TPSA) is 104 Å². The van der Waals surface area contributed by atoms with Crippen LogP contribution in [0.25, 0.3) is 16.0 Å². The number of nitrogens with one attached hydrogen (secondary N) is 1. The predicted octanol–water partition coefficient (Wildman–Crippen LogP) is 4.87. The van der Waals surface area contributed by atoms with Crippen molar-refractivity contribution in [2.45, 2.75) is 75.7 Å². The number of carbonyl (C=O) groups is 2. The molecule has 208 valence electrons. The average Bonchev–Trinajstić information content (AvgIpc) is 3.57. The first kappa shape index (κ1) is 28.0. The van der Waals surface area contributed by atoms with E-state index in [2.05, 4.69) is 5.32 Å². The monoisotopic (exact) mass is 588 g/mol. The molecule has 3 aromatic rings. The second kappa shape index (κ2) is 12.8. The summed E-state index contributed by atoms with van der Waals surface area (Å²) in [7, 11) is 0. The number of esters is 1. The molecule has 1 saturated carbocycles. The van der Waals surface area contributed by atoms with Gasteiger partial charge in [0.25, 0.3) is 5.56 Å². The molecular formula is C27H32N4O5S3. The van der Waals surface area contributed by atoms with E-state index >= 15 is 0 Å². The third-order valence-corrected chi connectivity index (χ3v) is 9.34. The number of thioether (sulfide) groups is 1. The molecule has 2 aromatic heterocycles. The summed E-state index contributed by atoms with van der Waals surface area (Å²) in [6.45, 7) is 3.11. The minimum atomic E-state index is -0.400. The SMILES string of the molecule is CCOC(=O)c1ccc(-n2c(=S)sc3c(=O)n(CC4CCCO4)c(SCC(=O)NC4CCCCC4)nc32)cc1. The van der Waals surface area contributed by atoms with Gasteiger partial charge in [0.15, 0.2) is 14.8 Å². The molecule has 2 aliphatic rings. The molecule has 3 heterocycles. The van der Waals surface area contributed by atoms with Crippen molar-refractivity contribution in [3.63, 3.8) is 0 Å². The number of fused-ring (bicyclic) bond motifs is 1. The average molecular weight is 589 g/mol. The van der Waals surface area contributed by atoms with Gasteiger partial charge >= 0.3 is 5.97 Å². The highest BCUT2D eigenvalue weighted by molar-refractivity contribution is 7.99. The highest BCUT2D eigenvalue weighted by Crippen LogP contribution is 2.27. The van der Waals surface area contributed by atoms with Crippen molar-refractivity contribution >= 4 is 57.5 Å². The van der Waals surface area contributed by atoms with Crippen molar-refractivity contribution in [2.24, 2.45) is 0 Å². The fraction of sp³-hybridized carbons (Fsp3) is 0.519. The van der Waals surface area contributed by atoms with E-state index in [4.69, 9.17) is 26.7 Å². The van der Waals surface area contributed by atoms with Gasteiger partial charge in [-0.1, -0.05) is 42.4 Å². The fourth-order valence-electron chi connectivity index (χ4n) is 5.07. The molecule has 1 saturated heterocycles. The van der Waals surface area contributed by atoms with Crippen molar-refractivity contribution in [3.8, 4) is 5.69 Å². The van der Waals surface area contributed by atoms with Crippen LogP contribution in [-0.2, 0) is 20.8 Å². The van der Waals surface area contributed by atoms with Crippen molar-refractivity contribution in [3.05, 3.63) is 44.1 Å². The van der Waals surface area contributed by atoms with Crippen molar-refractivity contribution in [1.82, 2.24) is 19.4 Å². The summed E-state index contributed by atoms with van der Waals surface area (Å²) >= 11 is 8.12. The van der Waals surface area contributed by atoms with Gasteiger partial charge in [0, 0.05) is 18.3 Å². The van der Waals surface area contributed by atoms with E-state index in [1.165, 1.54) is 29.5 Å². The maximum absolute atomic E-state index is 13.8. The number of thiazole rings is 1. The summed E-state index contributed by atoms with van der Waals surface area (Å²) in [5.74, 6) is -0.288. The summed E-state index contributed by atoms with van der Waals surface area (Å²) < 4.78 is 15.2. The van der Waals surface area contributed by atoms with Crippen LogP contribution in [0, 0.1) is 3.95 Å². The van der Waals surface area contributed by atoms with E-state index in [0.717, 1.165) is 38.5 Å². The Hall–Kier alpha value is -2.54. The lowest BCUT2D eigenvalue weighted by Gasteiger charge is -2.22. The largest absolute Gasteiger partial charge is 0.462 e. The van der Waals surface area contributed by atoms with Crippen LogP contribution in [0.1, 0.15) is 62.2 Å². The molecule has 1 atom stereocenters. The van der Waals surface area contributed by atoms with E-state index < -0.39 is 5.97 Å². The lowest BCUT2D eigenvalue weighted by Crippen LogP contribution is -2.37. The van der Waals surface area contributed by atoms with Gasteiger partial charge in [-0.2, -0.15) is 0 Å². The number of hydrogen-bond donors (Lipinski definition) is 1. The van der Waals surface area contributed by atoms with E-state index in [9.17, 15) is 14.4 Å². The Labute approximate surface area is 239 Å². The molecule has 1 unspecified atom stereocenters. The van der Waals surface area contributed by atoms with Gasteiger partial charge in [0.1, 0.15) is 4.70 Å². The third kappa shape index (κ3) is 6.45. The lowest BCUT2D eigenvalue weighted by atomic mass is 9.95. The van der Waals surface area contributed by atoms with Gasteiger partial charge in [0.2, 0.25) is 5.91 Å². The number of hydrogen-bond acceptors (Lipinski definition) is 9. The first-order valence-electron chi connectivity index (χ1n) is 13.4. The Bertz CT molecular complexity index is 1450. The number of carbonyl (C=O) groups excluding carboxylic acids is 2. The van der Waals surface area contributed by atoms with E-state index in [1.54, 1.807) is 40.3 Å². The molecule has 0 radical (unpaired) electrons. The molecule has 1 aliphatic carbocycles. The molecule has 5 rings (SSSR count). The molecule has 9 nitrogen and oxygen atoms in total. The van der Waals surface area contributed by atoms with Gasteiger partial charge in [-0.15, -0.1) is 0 Å². The van der Waals surface area contributed by atoms with Crippen molar-refractivity contribution in [2.75, 3.05) is 19.0 Å². The number of rotatable bonds is 9. The molecule has 1 N–H and O–H groups in total. The van der Waals surface area contributed by atoms with Crippen molar-refractivity contribution < 1.29 is 19.1 Å². The quantitative estimate of drug-likeness (QED) is 0.163. The molecule has 2 fully saturated rings. The van der Waals surface area contributed by atoms with Crippen LogP contribution in [0.4, 0.5) is 0 Å². The second-order valence-corrected chi connectivity index (χ2v) is 12.3. The summed E-state index contributed by atoms with van der Waals surface area (Å²) in [6, 6.07) is 7.08. The molecule has 0 spiro atoms. The first-order valence-corrected chi connectivity index (χ1v) is 15.6. The van der Waals surface area contributed by atoms with Gasteiger partial charge in [-0.05, 0) is 69.1 Å². The Kier molecular flexibility index (Phi) is 9.16. The lowest BCUT2D eigenvalue weighted by molar-refractivity contribution is -0.119. The van der Waals surface area contributed by atoms with Gasteiger partial charge in [0.05, 0.1) is 30.6 Å². The van der Waals surface area contributed by atoms with Crippen molar-refractivity contribution in [1.29, 1.82) is 0 Å². The van der Waals surface area contributed by atoms with Gasteiger partial charge < -0.3 is 14.8 Å². The van der Waals surface area contributed by atoms with Crippen LogP contribution in [0.15, 0.2) is 34.2 Å². The van der Waals surface area contributed by atoms with Gasteiger partial charge in [-0.3, -0.25) is 18.7 Å². The van der Waals surface area contributed by atoms with Gasteiger partial charge in [-0.25, -0.2) is 9.78 Å². The number of nitrogens with zero attached hydrogens (tertiary/aromatic N) is 3. The zero-order valence-corrected chi connectivity index (χ0v) is 24.3. The van der Waals surface area contributed by atoms with Crippen LogP contribution in [0.2, 0.25) is 0 Å². The van der Waals surface area contributed by atoms with E-state index in [1.807, 2.05) is 0 Å². The standard InChI is InChI=1S/C27H32N4O5S3/c1-2-35-25(34)17-10-12-19(13-11-17)31-23-22(39-27(31)37)24(33)30(15-20-9-6-14-36-20)26(29-23)38-16-21(32)28-18-7-4-3-5-8-18/h10-13,18,20H,2-9,14-16H2,1H3,(H,28,32). The maximum atomic E-state index is 13.8. The van der Waals surface area contributed by atoms with E-state index in [0.29, 0.717) is 50.5 Å². The summed E-state index contributed by atoms with van der Waals surface area (Å²) in [6.07, 6.45) is 7.28. The zero-order valence-electron chi connectivity index (χ0n) is 21.8. The van der Waals surface area contributed by atoms with Crippen LogP contribution in [0.3, 0.4) is 0 Å². The summed E-state index contributed by atoms with van der Waals surface area (Å²) in [5, 5.41) is 3.61.